The van der Waals surface area contributed by atoms with Crippen LogP contribution in [0.3, 0.4) is 0 Å². The van der Waals surface area contributed by atoms with Crippen LogP contribution in [-0.4, -0.2) is 19.2 Å². The molecule has 0 radical (unpaired) electrons. The first-order valence-electron chi connectivity index (χ1n) is 4.92. The van der Waals surface area contributed by atoms with Gasteiger partial charge in [0.2, 0.25) is 0 Å². The van der Waals surface area contributed by atoms with Crippen molar-refractivity contribution < 1.29 is 14.3 Å². The van der Waals surface area contributed by atoms with Crippen LogP contribution in [0.4, 0.5) is 0 Å². The van der Waals surface area contributed by atoms with Crippen LogP contribution in [0.1, 0.15) is 12.5 Å². The van der Waals surface area contributed by atoms with Crippen molar-refractivity contribution in [1.82, 2.24) is 0 Å². The lowest BCUT2D eigenvalue weighted by Gasteiger charge is -2.16. The molecule has 17 heavy (non-hydrogen) atoms. The van der Waals surface area contributed by atoms with Crippen molar-refractivity contribution in [1.29, 1.82) is 0 Å². The van der Waals surface area contributed by atoms with Gasteiger partial charge in [0.05, 0.1) is 12.1 Å². The second kappa shape index (κ2) is 6.10. The fraction of sp³-hybridized carbons (Fsp3) is 0.364. The van der Waals surface area contributed by atoms with Crippen LogP contribution < -0.4 is 10.5 Å². The van der Waals surface area contributed by atoms with E-state index in [1.165, 1.54) is 13.2 Å². The minimum atomic E-state index is -0.760. The van der Waals surface area contributed by atoms with Gasteiger partial charge in [-0.15, -0.1) is 0 Å². The maximum absolute atomic E-state index is 11.2. The molecule has 0 heterocycles. The summed E-state index contributed by atoms with van der Waals surface area (Å²) in [6.07, 6.45) is -0.760. The molecule has 0 aliphatic rings. The van der Waals surface area contributed by atoms with Gasteiger partial charge in [-0.2, -0.15) is 0 Å². The summed E-state index contributed by atoms with van der Waals surface area (Å²) in [4.78, 5) is 11.2. The molecule has 0 aliphatic heterocycles. The van der Waals surface area contributed by atoms with Crippen LogP contribution in [0, 0.1) is 0 Å². The highest BCUT2D eigenvalue weighted by atomic mass is 35.5. The molecule has 94 valence electrons. The fourth-order valence-corrected chi connectivity index (χ4v) is 1.87. The van der Waals surface area contributed by atoms with E-state index in [1.54, 1.807) is 13.0 Å². The van der Waals surface area contributed by atoms with E-state index < -0.39 is 12.1 Å². The number of methoxy groups -OCH3 is 1. The summed E-state index contributed by atoms with van der Waals surface area (Å²) in [7, 11) is 1.29. The summed E-state index contributed by atoms with van der Waals surface area (Å²) in [5.74, 6) is -0.129. The van der Waals surface area contributed by atoms with Crippen LogP contribution >= 0.6 is 23.2 Å². The quantitative estimate of drug-likeness (QED) is 0.859. The predicted octanol–water partition coefficient (Wildman–Crippen LogP) is 2.39. The van der Waals surface area contributed by atoms with E-state index in [9.17, 15) is 4.79 Å². The topological polar surface area (TPSA) is 61.5 Å². The fourth-order valence-electron chi connectivity index (χ4n) is 1.29. The van der Waals surface area contributed by atoms with Gasteiger partial charge in [-0.1, -0.05) is 23.2 Å². The minimum Gasteiger partial charge on any atom is -0.477 e. The zero-order valence-corrected chi connectivity index (χ0v) is 11.0. The summed E-state index contributed by atoms with van der Waals surface area (Å²) < 4.78 is 9.99. The van der Waals surface area contributed by atoms with Crippen molar-refractivity contribution in [3.63, 3.8) is 0 Å². The maximum atomic E-state index is 11.2. The molecule has 0 bridgehead atoms. The van der Waals surface area contributed by atoms with Gasteiger partial charge >= 0.3 is 5.97 Å². The summed E-state index contributed by atoms with van der Waals surface area (Å²) in [5.41, 5.74) is 6.20. The third-order valence-electron chi connectivity index (χ3n) is 2.13. The lowest BCUT2D eigenvalue weighted by atomic mass is 10.2. The minimum absolute atomic E-state index is 0.212. The van der Waals surface area contributed by atoms with Crippen LogP contribution in [0.25, 0.3) is 0 Å². The molecule has 1 atom stereocenters. The van der Waals surface area contributed by atoms with Gasteiger partial charge in [-0.3, -0.25) is 0 Å². The van der Waals surface area contributed by atoms with Gasteiger partial charge in [0.1, 0.15) is 5.75 Å². The Hall–Kier alpha value is -0.970. The molecule has 0 amide bonds. The van der Waals surface area contributed by atoms with Crippen LogP contribution in [0.5, 0.6) is 5.75 Å². The summed E-state index contributed by atoms with van der Waals surface area (Å²) in [6.45, 7) is 1.78. The summed E-state index contributed by atoms with van der Waals surface area (Å²) in [5, 5.41) is 0.780. The first-order valence-corrected chi connectivity index (χ1v) is 5.67. The molecule has 0 fully saturated rings. The Morgan fingerprint density at radius 1 is 1.47 bits per heavy atom. The van der Waals surface area contributed by atoms with Gasteiger partial charge < -0.3 is 15.2 Å². The van der Waals surface area contributed by atoms with Crippen molar-refractivity contribution in [2.45, 2.75) is 19.6 Å². The Bertz CT molecular complexity index is 423. The number of rotatable bonds is 4. The molecular formula is C11H13Cl2NO3. The highest BCUT2D eigenvalue weighted by Crippen LogP contribution is 2.33. The van der Waals surface area contributed by atoms with Crippen molar-refractivity contribution in [2.75, 3.05) is 7.11 Å². The number of esters is 1. The highest BCUT2D eigenvalue weighted by molar-refractivity contribution is 6.35. The van der Waals surface area contributed by atoms with E-state index in [-0.39, 0.29) is 6.54 Å². The normalized spacial score (nSPS) is 12.1. The largest absolute Gasteiger partial charge is 0.477 e. The Labute approximate surface area is 110 Å². The maximum Gasteiger partial charge on any atom is 0.346 e. The molecule has 1 rings (SSSR count). The lowest BCUT2D eigenvalue weighted by Crippen LogP contribution is -2.25. The zero-order valence-electron chi connectivity index (χ0n) is 9.50. The number of nitrogens with two attached hydrogens (primary N) is 1. The SMILES string of the molecule is COC(=O)C(C)Oc1c(Cl)cc(Cl)cc1CN. The monoisotopic (exact) mass is 277 g/mol. The van der Waals surface area contributed by atoms with E-state index in [0.717, 1.165) is 0 Å². The first kappa shape index (κ1) is 14.1. The zero-order chi connectivity index (χ0) is 13.0. The molecule has 0 aliphatic carbocycles. The molecule has 4 nitrogen and oxygen atoms in total. The Morgan fingerprint density at radius 2 is 2.12 bits per heavy atom. The van der Waals surface area contributed by atoms with E-state index in [1.807, 2.05) is 0 Å². The highest BCUT2D eigenvalue weighted by Gasteiger charge is 2.18. The Morgan fingerprint density at radius 3 is 2.65 bits per heavy atom. The molecule has 0 saturated heterocycles. The standard InChI is InChI=1S/C11H13Cl2NO3/c1-6(11(15)16-2)17-10-7(5-14)3-8(12)4-9(10)13/h3-4,6H,5,14H2,1-2H3. The number of halogens is 2. The molecule has 0 saturated carbocycles. The third kappa shape index (κ3) is 3.49. The van der Waals surface area contributed by atoms with Crippen LogP contribution in [0.15, 0.2) is 12.1 Å². The molecule has 1 aromatic rings. The number of benzene rings is 1. The van der Waals surface area contributed by atoms with Crippen LogP contribution in [-0.2, 0) is 16.1 Å². The van der Waals surface area contributed by atoms with Crippen molar-refractivity contribution in [3.8, 4) is 5.75 Å². The molecule has 1 aromatic carbocycles. The molecule has 0 aromatic heterocycles. The Kier molecular flexibility index (Phi) is 5.05. The van der Waals surface area contributed by atoms with E-state index in [0.29, 0.717) is 21.4 Å². The number of carbonyl (C=O) groups excluding carboxylic acids is 1. The molecule has 1 unspecified atom stereocenters. The predicted molar refractivity (Wildman–Crippen MR) is 66.5 cm³/mol. The molecule has 0 spiro atoms. The van der Waals surface area contributed by atoms with Crippen molar-refractivity contribution in [3.05, 3.63) is 27.7 Å². The molecular weight excluding hydrogens is 265 g/mol. The van der Waals surface area contributed by atoms with Gasteiger partial charge in [0, 0.05) is 17.1 Å². The average molecular weight is 278 g/mol. The smallest absolute Gasteiger partial charge is 0.346 e. The van der Waals surface area contributed by atoms with Crippen LogP contribution in [0.2, 0.25) is 10.0 Å². The van der Waals surface area contributed by atoms with Gasteiger partial charge in [0.15, 0.2) is 6.10 Å². The second-order valence-electron chi connectivity index (χ2n) is 3.36. The van der Waals surface area contributed by atoms with E-state index in [4.69, 9.17) is 33.7 Å². The number of hydrogen-bond donors (Lipinski definition) is 1. The van der Waals surface area contributed by atoms with Gasteiger partial charge in [-0.05, 0) is 19.1 Å². The first-order chi connectivity index (χ1) is 7.99. The number of hydrogen-bond acceptors (Lipinski definition) is 4. The van der Waals surface area contributed by atoms with Crippen molar-refractivity contribution in [2.24, 2.45) is 5.73 Å². The van der Waals surface area contributed by atoms with E-state index >= 15 is 0 Å². The lowest BCUT2D eigenvalue weighted by molar-refractivity contribution is -0.147. The second-order valence-corrected chi connectivity index (χ2v) is 4.21. The van der Waals surface area contributed by atoms with Gasteiger partial charge in [0.25, 0.3) is 0 Å². The summed E-state index contributed by atoms with van der Waals surface area (Å²) >= 11 is 11.8. The molecule has 2 N–H and O–H groups in total. The Balaban J connectivity index is 3.01. The van der Waals surface area contributed by atoms with Crippen molar-refractivity contribution >= 4 is 29.2 Å². The average Bonchev–Trinajstić information content (AvgIpc) is 2.30. The number of ether oxygens (including phenoxy) is 2. The molecule has 6 heteroatoms. The van der Waals surface area contributed by atoms with Gasteiger partial charge in [-0.25, -0.2) is 4.79 Å². The van der Waals surface area contributed by atoms with E-state index in [2.05, 4.69) is 4.74 Å². The number of carbonyl (C=O) groups is 1. The summed E-state index contributed by atoms with van der Waals surface area (Å²) in [6, 6.07) is 3.17. The third-order valence-corrected chi connectivity index (χ3v) is 2.63.